The first kappa shape index (κ1) is 18.0. The van der Waals surface area contributed by atoms with E-state index in [4.69, 9.17) is 0 Å². The number of phenolic OH excluding ortho intramolecular Hbond substituents is 1. The second-order valence-electron chi connectivity index (χ2n) is 6.34. The minimum atomic E-state index is 0.0200. The van der Waals surface area contributed by atoms with Crippen molar-refractivity contribution in [1.29, 1.82) is 0 Å². The van der Waals surface area contributed by atoms with Crippen LogP contribution in [0, 0.1) is 13.8 Å². The van der Waals surface area contributed by atoms with Crippen molar-refractivity contribution in [2.45, 2.75) is 39.7 Å². The summed E-state index contributed by atoms with van der Waals surface area (Å²) in [6.45, 7) is 6.85. The quantitative estimate of drug-likeness (QED) is 0.729. The van der Waals surface area contributed by atoms with Crippen molar-refractivity contribution in [2.24, 2.45) is 0 Å². The van der Waals surface area contributed by atoms with Crippen molar-refractivity contribution in [1.82, 2.24) is 5.32 Å². The Hall–Kier alpha value is -2.33. The van der Waals surface area contributed by atoms with E-state index in [0.717, 1.165) is 29.8 Å². The Kier molecular flexibility index (Phi) is 6.38. The molecule has 0 saturated carbocycles. The smallest absolute Gasteiger partial charge is 0.225 e. The summed E-state index contributed by atoms with van der Waals surface area (Å²) < 4.78 is 0. The number of carbonyl (C=O) groups excluding carboxylic acids is 1. The summed E-state index contributed by atoms with van der Waals surface area (Å²) in [5, 5.41) is 15.6. The molecule has 0 unspecified atom stereocenters. The third-order valence-corrected chi connectivity index (χ3v) is 3.99. The van der Waals surface area contributed by atoms with Crippen molar-refractivity contribution < 1.29 is 9.90 Å². The maximum atomic E-state index is 12.2. The average molecular weight is 326 g/mol. The molecule has 0 aliphatic rings. The Bertz CT molecular complexity index is 681. The number of carbonyl (C=O) groups is 1. The van der Waals surface area contributed by atoms with E-state index in [2.05, 4.69) is 16.7 Å². The molecule has 0 saturated heterocycles. The fourth-order valence-corrected chi connectivity index (χ4v) is 2.63. The van der Waals surface area contributed by atoms with Crippen molar-refractivity contribution in [2.75, 3.05) is 11.9 Å². The van der Waals surface area contributed by atoms with Crippen LogP contribution in [0.3, 0.4) is 0 Å². The molecule has 128 valence electrons. The van der Waals surface area contributed by atoms with Crippen LogP contribution >= 0.6 is 0 Å². The van der Waals surface area contributed by atoms with Gasteiger partial charge in [-0.05, 0) is 63.1 Å². The van der Waals surface area contributed by atoms with Crippen LogP contribution in [0.1, 0.15) is 30.0 Å². The van der Waals surface area contributed by atoms with Crippen molar-refractivity contribution in [3.8, 4) is 5.75 Å². The Morgan fingerprint density at radius 1 is 1.12 bits per heavy atom. The van der Waals surface area contributed by atoms with Gasteiger partial charge in [0, 0.05) is 18.2 Å². The Balaban J connectivity index is 1.74. The maximum absolute atomic E-state index is 12.2. The number of hydrogen-bond donors (Lipinski definition) is 3. The number of amides is 1. The van der Waals surface area contributed by atoms with E-state index in [1.54, 1.807) is 12.1 Å². The molecule has 2 aromatic carbocycles. The molecule has 2 rings (SSSR count). The van der Waals surface area contributed by atoms with Gasteiger partial charge in [0.15, 0.2) is 0 Å². The predicted octanol–water partition coefficient (Wildman–Crippen LogP) is 3.56. The molecule has 0 heterocycles. The van der Waals surface area contributed by atoms with Crippen LogP contribution in [-0.4, -0.2) is 23.6 Å². The number of rotatable bonds is 7. The lowest BCUT2D eigenvalue weighted by Gasteiger charge is -2.15. The molecule has 0 aliphatic heterocycles. The van der Waals surface area contributed by atoms with Crippen LogP contribution in [0.25, 0.3) is 0 Å². The highest BCUT2D eigenvalue weighted by Gasteiger charge is 2.10. The number of aryl methyl sites for hydroxylation is 2. The molecular weight excluding hydrogens is 300 g/mol. The van der Waals surface area contributed by atoms with Gasteiger partial charge in [-0.2, -0.15) is 0 Å². The summed E-state index contributed by atoms with van der Waals surface area (Å²) >= 11 is 0. The zero-order valence-corrected chi connectivity index (χ0v) is 14.6. The van der Waals surface area contributed by atoms with E-state index in [1.165, 1.54) is 5.56 Å². The highest BCUT2D eigenvalue weighted by Crippen LogP contribution is 2.16. The molecule has 0 spiro atoms. The molecule has 0 aromatic heterocycles. The number of benzene rings is 2. The minimum Gasteiger partial charge on any atom is -0.508 e. The van der Waals surface area contributed by atoms with E-state index in [-0.39, 0.29) is 17.7 Å². The maximum Gasteiger partial charge on any atom is 0.225 e. The van der Waals surface area contributed by atoms with Gasteiger partial charge in [0.05, 0.1) is 0 Å². The second-order valence-corrected chi connectivity index (χ2v) is 6.34. The summed E-state index contributed by atoms with van der Waals surface area (Å²) in [7, 11) is 0. The van der Waals surface area contributed by atoms with E-state index in [1.807, 2.05) is 45.0 Å². The lowest BCUT2D eigenvalue weighted by Crippen LogP contribution is -2.32. The molecule has 1 atom stereocenters. The van der Waals surface area contributed by atoms with E-state index >= 15 is 0 Å². The molecule has 0 fully saturated rings. The van der Waals surface area contributed by atoms with Gasteiger partial charge >= 0.3 is 0 Å². The summed E-state index contributed by atoms with van der Waals surface area (Å²) in [6.07, 6.45) is 1.30. The largest absolute Gasteiger partial charge is 0.508 e. The molecule has 0 aliphatic carbocycles. The van der Waals surface area contributed by atoms with Gasteiger partial charge in [-0.25, -0.2) is 0 Å². The summed E-state index contributed by atoms with van der Waals surface area (Å²) in [5.41, 5.74) is 4.31. The minimum absolute atomic E-state index is 0.0200. The Morgan fingerprint density at radius 2 is 1.83 bits per heavy atom. The first-order valence-electron chi connectivity index (χ1n) is 8.32. The van der Waals surface area contributed by atoms with Crippen LogP contribution < -0.4 is 10.6 Å². The van der Waals surface area contributed by atoms with E-state index < -0.39 is 0 Å². The summed E-state index contributed by atoms with van der Waals surface area (Å²) in [4.78, 5) is 12.2. The molecule has 0 bridgehead atoms. The normalized spacial score (nSPS) is 12.0. The monoisotopic (exact) mass is 326 g/mol. The third-order valence-electron chi connectivity index (χ3n) is 3.99. The van der Waals surface area contributed by atoms with Gasteiger partial charge in [-0.1, -0.05) is 29.8 Å². The third kappa shape index (κ3) is 5.70. The fraction of sp³-hybridized carbons (Fsp3) is 0.350. The van der Waals surface area contributed by atoms with Crippen molar-refractivity contribution in [3.63, 3.8) is 0 Å². The topological polar surface area (TPSA) is 61.4 Å². The second kappa shape index (κ2) is 8.50. The van der Waals surface area contributed by atoms with Gasteiger partial charge in [0.2, 0.25) is 5.91 Å². The van der Waals surface area contributed by atoms with Crippen LogP contribution in [-0.2, 0) is 11.2 Å². The molecule has 0 radical (unpaired) electrons. The van der Waals surface area contributed by atoms with Crippen molar-refractivity contribution in [3.05, 3.63) is 59.2 Å². The average Bonchev–Trinajstić information content (AvgIpc) is 2.52. The van der Waals surface area contributed by atoms with Gasteiger partial charge in [0.1, 0.15) is 5.75 Å². The molecule has 24 heavy (non-hydrogen) atoms. The molecule has 2 aromatic rings. The van der Waals surface area contributed by atoms with Gasteiger partial charge in [0.25, 0.3) is 0 Å². The number of nitrogens with one attached hydrogen (secondary N) is 2. The zero-order valence-electron chi connectivity index (χ0n) is 14.6. The lowest BCUT2D eigenvalue weighted by atomic mass is 10.1. The van der Waals surface area contributed by atoms with Gasteiger partial charge in [-0.3, -0.25) is 4.79 Å². The first-order valence-corrected chi connectivity index (χ1v) is 8.32. The predicted molar refractivity (Wildman–Crippen MR) is 98.4 cm³/mol. The van der Waals surface area contributed by atoms with Crippen LogP contribution in [0.2, 0.25) is 0 Å². The van der Waals surface area contributed by atoms with Crippen LogP contribution in [0.4, 0.5) is 5.69 Å². The number of hydrogen-bond acceptors (Lipinski definition) is 3. The van der Waals surface area contributed by atoms with Crippen LogP contribution in [0.15, 0.2) is 42.5 Å². The number of anilines is 1. The standard InChI is InChI=1S/C20H26N2O2/c1-14-4-9-19(15(2)12-14)22-20(24)13-16(3)21-11-10-17-5-7-18(23)8-6-17/h4-9,12,16,21,23H,10-11,13H2,1-3H3,(H,22,24)/t16-/m1/s1. The SMILES string of the molecule is Cc1ccc(NC(=O)C[C@@H](C)NCCc2ccc(O)cc2)c(C)c1. The number of phenols is 1. The summed E-state index contributed by atoms with van der Waals surface area (Å²) in [5.74, 6) is 0.301. The van der Waals surface area contributed by atoms with Gasteiger partial charge < -0.3 is 15.7 Å². The zero-order chi connectivity index (χ0) is 17.5. The van der Waals surface area contributed by atoms with E-state index in [0.29, 0.717) is 6.42 Å². The van der Waals surface area contributed by atoms with E-state index in [9.17, 15) is 9.90 Å². The first-order chi connectivity index (χ1) is 11.4. The highest BCUT2D eigenvalue weighted by atomic mass is 16.3. The molecule has 3 N–H and O–H groups in total. The van der Waals surface area contributed by atoms with Gasteiger partial charge in [-0.15, -0.1) is 0 Å². The molecule has 4 nitrogen and oxygen atoms in total. The molecule has 4 heteroatoms. The number of aromatic hydroxyl groups is 1. The van der Waals surface area contributed by atoms with Crippen molar-refractivity contribution >= 4 is 11.6 Å². The molecular formula is C20H26N2O2. The fourth-order valence-electron chi connectivity index (χ4n) is 2.63. The summed E-state index contributed by atoms with van der Waals surface area (Å²) in [6, 6.07) is 13.3. The molecule has 1 amide bonds. The highest BCUT2D eigenvalue weighted by molar-refractivity contribution is 5.91. The Morgan fingerprint density at radius 3 is 2.50 bits per heavy atom. The Labute approximate surface area is 143 Å². The van der Waals surface area contributed by atoms with Crippen LogP contribution in [0.5, 0.6) is 5.75 Å². The lowest BCUT2D eigenvalue weighted by molar-refractivity contribution is -0.116.